The molecule has 7 heteroatoms. The van der Waals surface area contributed by atoms with Crippen LogP contribution in [0.3, 0.4) is 0 Å². The number of hydrogen-bond acceptors (Lipinski definition) is 5. The van der Waals surface area contributed by atoms with Gasteiger partial charge in [-0.25, -0.2) is 0 Å². The first-order chi connectivity index (χ1) is 16.5. The summed E-state index contributed by atoms with van der Waals surface area (Å²) < 4.78 is 11.3. The van der Waals surface area contributed by atoms with Crippen LogP contribution in [0.2, 0.25) is 0 Å². The fourth-order valence-electron chi connectivity index (χ4n) is 4.10. The summed E-state index contributed by atoms with van der Waals surface area (Å²) in [4.78, 5) is 24.8. The van der Waals surface area contributed by atoms with Crippen LogP contribution in [0, 0.1) is 0 Å². The molecule has 1 aliphatic rings. The molecule has 3 rings (SSSR count). The normalized spacial score (nSPS) is 16.7. The molecular formula is C27H33NO6. The zero-order chi connectivity index (χ0) is 24.3. The highest BCUT2D eigenvalue weighted by molar-refractivity contribution is 5.79. The molecule has 1 amide bonds. The highest BCUT2D eigenvalue weighted by Gasteiger charge is 2.28. The molecule has 1 unspecified atom stereocenters. The number of carboxylic acid groups (broad SMARTS) is 1. The van der Waals surface area contributed by atoms with Gasteiger partial charge in [-0.05, 0) is 49.1 Å². The number of likely N-dealkylation sites (tertiary alicyclic amines) is 1. The van der Waals surface area contributed by atoms with Crippen LogP contribution in [0.5, 0.6) is 17.2 Å². The lowest BCUT2D eigenvalue weighted by Gasteiger charge is -2.22. The number of rotatable bonds is 13. The highest BCUT2D eigenvalue weighted by atomic mass is 16.5. The molecule has 0 radical (unpaired) electrons. The van der Waals surface area contributed by atoms with Gasteiger partial charge in [0.15, 0.2) is 11.5 Å². The van der Waals surface area contributed by atoms with Crippen molar-refractivity contribution in [1.82, 2.24) is 4.90 Å². The number of methoxy groups -OCH3 is 1. The van der Waals surface area contributed by atoms with Crippen LogP contribution in [0.1, 0.15) is 56.6 Å². The van der Waals surface area contributed by atoms with Crippen molar-refractivity contribution in [2.45, 2.75) is 57.1 Å². The van der Waals surface area contributed by atoms with Crippen molar-refractivity contribution in [3.8, 4) is 17.2 Å². The number of aliphatic carboxylic acids is 1. The van der Waals surface area contributed by atoms with Crippen LogP contribution in [0.25, 0.3) is 0 Å². The summed E-state index contributed by atoms with van der Waals surface area (Å²) in [5.74, 6) is 1.17. The molecule has 0 spiro atoms. The van der Waals surface area contributed by atoms with Gasteiger partial charge in [0.05, 0.1) is 19.3 Å². The highest BCUT2D eigenvalue weighted by Crippen LogP contribution is 2.32. The van der Waals surface area contributed by atoms with Gasteiger partial charge in [-0.15, -0.1) is 0 Å². The van der Waals surface area contributed by atoms with E-state index in [1.807, 2.05) is 53.4 Å². The maximum Gasteiger partial charge on any atom is 0.303 e. The zero-order valence-corrected chi connectivity index (χ0v) is 19.6. The number of carboxylic acids is 1. The van der Waals surface area contributed by atoms with Crippen LogP contribution in [0.15, 0.2) is 60.7 Å². The minimum atomic E-state index is -0.824. The zero-order valence-electron chi connectivity index (χ0n) is 19.6. The fraction of sp³-hybridized carbons (Fsp3) is 0.407. The minimum Gasteiger partial charge on any atom is -0.493 e. The Morgan fingerprint density at radius 1 is 1.12 bits per heavy atom. The maximum absolute atomic E-state index is 12.3. The summed E-state index contributed by atoms with van der Waals surface area (Å²) in [6, 6.07) is 14.6. The second-order valence-electron chi connectivity index (χ2n) is 8.41. The molecule has 1 aliphatic heterocycles. The third-order valence-electron chi connectivity index (χ3n) is 5.93. The lowest BCUT2D eigenvalue weighted by Crippen LogP contribution is -2.32. The summed E-state index contributed by atoms with van der Waals surface area (Å²) in [6.45, 7) is 0.652. The number of aliphatic hydroxyl groups is 1. The number of hydrogen-bond donors (Lipinski definition) is 2. The van der Waals surface area contributed by atoms with Gasteiger partial charge < -0.3 is 24.6 Å². The van der Waals surface area contributed by atoms with Gasteiger partial charge in [0, 0.05) is 19.4 Å². The number of amides is 1. The van der Waals surface area contributed by atoms with E-state index in [9.17, 15) is 14.7 Å². The van der Waals surface area contributed by atoms with Crippen LogP contribution in [-0.4, -0.2) is 46.7 Å². The summed E-state index contributed by atoms with van der Waals surface area (Å²) in [6.07, 6.45) is 7.50. The Bertz CT molecular complexity index is 989. The van der Waals surface area contributed by atoms with E-state index in [-0.39, 0.29) is 18.4 Å². The van der Waals surface area contributed by atoms with Gasteiger partial charge in [0.2, 0.25) is 5.91 Å². The van der Waals surface area contributed by atoms with Gasteiger partial charge >= 0.3 is 5.97 Å². The molecule has 1 heterocycles. The van der Waals surface area contributed by atoms with E-state index < -0.39 is 12.1 Å². The quantitative estimate of drug-likeness (QED) is 0.314. The molecule has 2 aromatic rings. The van der Waals surface area contributed by atoms with Crippen molar-refractivity contribution >= 4 is 11.9 Å². The molecule has 182 valence electrons. The van der Waals surface area contributed by atoms with Gasteiger partial charge in [0.1, 0.15) is 5.75 Å². The topological polar surface area (TPSA) is 96.3 Å². The second kappa shape index (κ2) is 12.8. The Kier molecular flexibility index (Phi) is 9.52. The van der Waals surface area contributed by atoms with Crippen molar-refractivity contribution in [2.24, 2.45) is 0 Å². The average Bonchev–Trinajstić information content (AvgIpc) is 3.19. The molecular weight excluding hydrogens is 434 g/mol. The Morgan fingerprint density at radius 2 is 1.88 bits per heavy atom. The molecule has 2 atom stereocenters. The summed E-state index contributed by atoms with van der Waals surface area (Å²) in [7, 11) is 1.59. The molecule has 2 N–H and O–H groups in total. The fourth-order valence-corrected chi connectivity index (χ4v) is 4.10. The van der Waals surface area contributed by atoms with Crippen molar-refractivity contribution in [1.29, 1.82) is 0 Å². The van der Waals surface area contributed by atoms with E-state index in [4.69, 9.17) is 14.6 Å². The second-order valence-corrected chi connectivity index (χ2v) is 8.41. The molecule has 34 heavy (non-hydrogen) atoms. The smallest absolute Gasteiger partial charge is 0.303 e. The van der Waals surface area contributed by atoms with Crippen LogP contribution >= 0.6 is 0 Å². The minimum absolute atomic E-state index is 0.0332. The molecule has 0 saturated carbocycles. The van der Waals surface area contributed by atoms with Crippen LogP contribution in [-0.2, 0) is 9.59 Å². The number of para-hydroxylation sites is 2. The molecule has 0 aliphatic carbocycles. The van der Waals surface area contributed by atoms with Crippen molar-refractivity contribution in [3.05, 3.63) is 66.2 Å². The molecule has 1 saturated heterocycles. The largest absolute Gasteiger partial charge is 0.493 e. The Labute approximate surface area is 200 Å². The number of carbonyl (C=O) groups excluding carboxylic acids is 1. The molecule has 1 fully saturated rings. The van der Waals surface area contributed by atoms with Gasteiger partial charge in [-0.2, -0.15) is 0 Å². The predicted octanol–water partition coefficient (Wildman–Crippen LogP) is 5.10. The first-order valence-corrected chi connectivity index (χ1v) is 11.8. The van der Waals surface area contributed by atoms with Crippen molar-refractivity contribution in [2.75, 3.05) is 13.7 Å². The van der Waals surface area contributed by atoms with Gasteiger partial charge in [-0.1, -0.05) is 49.3 Å². The Balaban J connectivity index is 1.55. The maximum atomic E-state index is 12.3. The Morgan fingerprint density at radius 3 is 2.65 bits per heavy atom. The Hall–Kier alpha value is -3.32. The van der Waals surface area contributed by atoms with E-state index >= 15 is 0 Å². The number of nitrogens with zero attached hydrogens (tertiary/aromatic N) is 1. The van der Waals surface area contributed by atoms with E-state index in [1.54, 1.807) is 19.3 Å². The van der Waals surface area contributed by atoms with E-state index in [1.165, 1.54) is 0 Å². The standard InChI is InChI=1S/C27H33NO6/c1-33-24-11-5-6-12-25(24)34-22-10-8-9-20(19-22)23(29)16-14-21-15-17-26(30)28(21)18-7-3-2-4-13-27(31)32/h5-6,8-12,14,16,19,21,23,29H,2-4,7,13,15,17-18H2,1H3,(H,31,32)/t21-,23?/m0/s1. The van der Waals surface area contributed by atoms with Gasteiger partial charge in [0.25, 0.3) is 0 Å². The number of carbonyl (C=O) groups is 2. The first kappa shape index (κ1) is 25.3. The molecule has 0 aromatic heterocycles. The lowest BCUT2D eigenvalue weighted by molar-refractivity contribution is -0.137. The van der Waals surface area contributed by atoms with E-state index in [2.05, 4.69) is 0 Å². The third kappa shape index (κ3) is 7.35. The summed E-state index contributed by atoms with van der Waals surface area (Å²) in [5.41, 5.74) is 0.693. The first-order valence-electron chi connectivity index (χ1n) is 11.8. The molecule has 2 aromatic carbocycles. The summed E-state index contributed by atoms with van der Waals surface area (Å²) >= 11 is 0. The van der Waals surface area contributed by atoms with Crippen molar-refractivity contribution in [3.63, 3.8) is 0 Å². The molecule has 0 bridgehead atoms. The van der Waals surface area contributed by atoms with Crippen LogP contribution < -0.4 is 9.47 Å². The van der Waals surface area contributed by atoms with E-state index in [0.717, 1.165) is 25.7 Å². The van der Waals surface area contributed by atoms with Gasteiger partial charge in [-0.3, -0.25) is 9.59 Å². The monoisotopic (exact) mass is 467 g/mol. The average molecular weight is 468 g/mol. The predicted molar refractivity (Wildman–Crippen MR) is 129 cm³/mol. The lowest BCUT2D eigenvalue weighted by atomic mass is 10.1. The number of ether oxygens (including phenoxy) is 2. The van der Waals surface area contributed by atoms with Crippen LogP contribution in [0.4, 0.5) is 0 Å². The van der Waals surface area contributed by atoms with Crippen molar-refractivity contribution < 1.29 is 29.3 Å². The number of benzene rings is 2. The number of unbranched alkanes of at least 4 members (excludes halogenated alkanes) is 3. The van der Waals surface area contributed by atoms with E-state index in [0.29, 0.717) is 42.2 Å². The SMILES string of the molecule is COc1ccccc1Oc1cccc(C(O)C=C[C@H]2CCC(=O)N2CCCCCCC(=O)O)c1. The number of aliphatic hydroxyl groups excluding tert-OH is 1. The third-order valence-corrected chi connectivity index (χ3v) is 5.93. The summed E-state index contributed by atoms with van der Waals surface area (Å²) in [5, 5.41) is 19.4. The molecule has 7 nitrogen and oxygen atoms in total.